The van der Waals surface area contributed by atoms with Crippen molar-refractivity contribution >= 4 is 6.08 Å². The molecule has 0 spiro atoms. The van der Waals surface area contributed by atoms with Crippen LogP contribution in [0.4, 0.5) is 0 Å². The van der Waals surface area contributed by atoms with E-state index in [1.54, 1.807) is 0 Å². The Bertz CT molecular complexity index is 413. The molecule has 1 heterocycles. The van der Waals surface area contributed by atoms with Gasteiger partial charge in [-0.25, -0.2) is 0 Å². The van der Waals surface area contributed by atoms with E-state index < -0.39 is 0 Å². The summed E-state index contributed by atoms with van der Waals surface area (Å²) in [5.74, 6) is 2.87. The first-order valence-electron chi connectivity index (χ1n) is 8.33. The summed E-state index contributed by atoms with van der Waals surface area (Å²) in [4.78, 5) is 0. The van der Waals surface area contributed by atoms with Crippen molar-refractivity contribution in [1.29, 1.82) is 0 Å². The van der Waals surface area contributed by atoms with Crippen LogP contribution in [0.15, 0.2) is 22.1 Å². The van der Waals surface area contributed by atoms with Crippen molar-refractivity contribution in [2.75, 3.05) is 13.1 Å². The average molecular weight is 275 g/mol. The molecule has 0 amide bonds. The third-order valence-electron chi connectivity index (χ3n) is 4.24. The molecule has 0 aromatic carbocycles. The van der Waals surface area contributed by atoms with Gasteiger partial charge in [-0.15, -0.1) is 0 Å². The lowest BCUT2D eigenvalue weighted by Gasteiger charge is -2.24. The van der Waals surface area contributed by atoms with E-state index in [2.05, 4.69) is 37.4 Å². The maximum atomic E-state index is 5.86. The Hall–Kier alpha value is -1.02. The van der Waals surface area contributed by atoms with E-state index in [1.165, 1.54) is 44.1 Å². The van der Waals surface area contributed by atoms with Gasteiger partial charge in [0.2, 0.25) is 0 Å². The molecule has 112 valence electrons. The first kappa shape index (κ1) is 15.4. The van der Waals surface area contributed by atoms with Gasteiger partial charge in [0.1, 0.15) is 11.5 Å². The zero-order chi connectivity index (χ0) is 14.2. The van der Waals surface area contributed by atoms with Gasteiger partial charge < -0.3 is 9.73 Å². The maximum absolute atomic E-state index is 5.86. The monoisotopic (exact) mass is 275 g/mol. The Morgan fingerprint density at radius 1 is 1.25 bits per heavy atom. The molecule has 0 unspecified atom stereocenters. The van der Waals surface area contributed by atoms with Crippen LogP contribution in [0.2, 0.25) is 0 Å². The molecular weight excluding hydrogens is 246 g/mol. The summed E-state index contributed by atoms with van der Waals surface area (Å²) < 4.78 is 5.86. The molecule has 2 heteroatoms. The SMILES string of the molecule is CCCNC/C(=C/c1ccc(CC)o1)C1CCCCC1. The number of furan rings is 1. The summed E-state index contributed by atoms with van der Waals surface area (Å²) in [5, 5.41) is 3.56. The molecule has 1 saturated carbocycles. The maximum Gasteiger partial charge on any atom is 0.127 e. The van der Waals surface area contributed by atoms with Gasteiger partial charge in [0, 0.05) is 13.0 Å². The van der Waals surface area contributed by atoms with Crippen molar-refractivity contribution in [2.24, 2.45) is 5.92 Å². The number of aryl methyl sites for hydroxylation is 1. The second kappa shape index (κ2) is 8.31. The van der Waals surface area contributed by atoms with Crippen LogP contribution in [0.5, 0.6) is 0 Å². The predicted octanol–water partition coefficient (Wildman–Crippen LogP) is 4.81. The van der Waals surface area contributed by atoms with Crippen molar-refractivity contribution in [3.8, 4) is 0 Å². The largest absolute Gasteiger partial charge is 0.462 e. The zero-order valence-corrected chi connectivity index (χ0v) is 13.1. The van der Waals surface area contributed by atoms with E-state index in [-0.39, 0.29) is 0 Å². The minimum atomic E-state index is 0.753. The molecule has 2 nitrogen and oxygen atoms in total. The van der Waals surface area contributed by atoms with Gasteiger partial charge in [-0.3, -0.25) is 0 Å². The van der Waals surface area contributed by atoms with Gasteiger partial charge in [0.05, 0.1) is 0 Å². The fourth-order valence-corrected chi connectivity index (χ4v) is 3.04. The highest BCUT2D eigenvalue weighted by atomic mass is 16.3. The number of hydrogen-bond donors (Lipinski definition) is 1. The molecule has 1 fully saturated rings. The summed E-state index contributed by atoms with van der Waals surface area (Å²) in [5.41, 5.74) is 1.54. The van der Waals surface area contributed by atoms with E-state index >= 15 is 0 Å². The fourth-order valence-electron chi connectivity index (χ4n) is 3.04. The molecule has 1 aliphatic carbocycles. The van der Waals surface area contributed by atoms with E-state index in [4.69, 9.17) is 4.42 Å². The summed E-state index contributed by atoms with van der Waals surface area (Å²) in [6, 6.07) is 4.21. The predicted molar refractivity (Wildman–Crippen MR) is 85.8 cm³/mol. The van der Waals surface area contributed by atoms with E-state index in [0.29, 0.717) is 0 Å². The molecule has 1 aliphatic rings. The minimum absolute atomic E-state index is 0.753. The van der Waals surface area contributed by atoms with Crippen molar-refractivity contribution in [3.05, 3.63) is 29.2 Å². The summed E-state index contributed by atoms with van der Waals surface area (Å²) in [7, 11) is 0. The highest BCUT2D eigenvalue weighted by Crippen LogP contribution is 2.30. The number of hydrogen-bond acceptors (Lipinski definition) is 2. The Morgan fingerprint density at radius 3 is 2.70 bits per heavy atom. The van der Waals surface area contributed by atoms with Gasteiger partial charge in [-0.05, 0) is 55.5 Å². The minimum Gasteiger partial charge on any atom is -0.462 e. The van der Waals surface area contributed by atoms with Crippen LogP contribution < -0.4 is 5.32 Å². The Kier molecular flexibility index (Phi) is 6.38. The topological polar surface area (TPSA) is 25.2 Å². The molecular formula is C18H29NO. The number of nitrogens with one attached hydrogen (secondary N) is 1. The molecule has 1 N–H and O–H groups in total. The van der Waals surface area contributed by atoms with Crippen LogP contribution in [-0.4, -0.2) is 13.1 Å². The Balaban J connectivity index is 2.06. The van der Waals surface area contributed by atoms with Gasteiger partial charge in [-0.1, -0.05) is 33.1 Å². The normalized spacial score (nSPS) is 17.6. The smallest absolute Gasteiger partial charge is 0.127 e. The lowest BCUT2D eigenvalue weighted by Crippen LogP contribution is -2.22. The van der Waals surface area contributed by atoms with Crippen LogP contribution in [0.1, 0.15) is 63.9 Å². The van der Waals surface area contributed by atoms with Gasteiger partial charge in [-0.2, -0.15) is 0 Å². The highest BCUT2D eigenvalue weighted by Gasteiger charge is 2.18. The molecule has 0 atom stereocenters. The Labute approximate surface area is 123 Å². The molecule has 20 heavy (non-hydrogen) atoms. The summed E-state index contributed by atoms with van der Waals surface area (Å²) in [6.45, 7) is 6.47. The van der Waals surface area contributed by atoms with Gasteiger partial charge in [0.25, 0.3) is 0 Å². The van der Waals surface area contributed by atoms with Crippen LogP contribution in [0.25, 0.3) is 6.08 Å². The van der Waals surface area contributed by atoms with E-state index in [1.807, 2.05) is 0 Å². The van der Waals surface area contributed by atoms with Crippen molar-refractivity contribution in [2.45, 2.75) is 58.8 Å². The average Bonchev–Trinajstić information content (AvgIpc) is 2.95. The number of rotatable bonds is 7. The standard InChI is InChI=1S/C18H29NO/c1-3-12-19-14-16(15-8-6-5-7-9-15)13-18-11-10-17(4-2)20-18/h10-11,13,15,19H,3-9,12,14H2,1-2H3/b16-13-. The fraction of sp³-hybridized carbons (Fsp3) is 0.667. The molecule has 0 bridgehead atoms. The molecule has 0 aliphatic heterocycles. The quantitative estimate of drug-likeness (QED) is 0.723. The lowest BCUT2D eigenvalue weighted by atomic mass is 9.83. The third kappa shape index (κ3) is 4.52. The van der Waals surface area contributed by atoms with Crippen LogP contribution in [0.3, 0.4) is 0 Å². The van der Waals surface area contributed by atoms with Crippen LogP contribution in [-0.2, 0) is 6.42 Å². The van der Waals surface area contributed by atoms with Crippen LogP contribution in [0, 0.1) is 5.92 Å². The molecule has 0 saturated heterocycles. The molecule has 2 rings (SSSR count). The Morgan fingerprint density at radius 2 is 2.05 bits per heavy atom. The first-order chi connectivity index (χ1) is 9.83. The molecule has 1 aromatic heterocycles. The van der Waals surface area contributed by atoms with Crippen molar-refractivity contribution < 1.29 is 4.42 Å². The van der Waals surface area contributed by atoms with Crippen molar-refractivity contribution in [3.63, 3.8) is 0 Å². The zero-order valence-electron chi connectivity index (χ0n) is 13.1. The molecule has 0 radical (unpaired) electrons. The van der Waals surface area contributed by atoms with E-state index in [0.717, 1.165) is 36.9 Å². The summed E-state index contributed by atoms with van der Waals surface area (Å²) in [6.07, 6.45) is 11.3. The van der Waals surface area contributed by atoms with E-state index in [9.17, 15) is 0 Å². The third-order valence-corrected chi connectivity index (χ3v) is 4.24. The lowest BCUT2D eigenvalue weighted by molar-refractivity contribution is 0.396. The molecule has 1 aromatic rings. The van der Waals surface area contributed by atoms with Gasteiger partial charge >= 0.3 is 0 Å². The van der Waals surface area contributed by atoms with Gasteiger partial charge in [0.15, 0.2) is 0 Å². The second-order valence-electron chi connectivity index (χ2n) is 5.89. The summed E-state index contributed by atoms with van der Waals surface area (Å²) >= 11 is 0. The highest BCUT2D eigenvalue weighted by molar-refractivity contribution is 5.49. The van der Waals surface area contributed by atoms with Crippen molar-refractivity contribution in [1.82, 2.24) is 5.32 Å². The first-order valence-corrected chi connectivity index (χ1v) is 8.33. The van der Waals surface area contributed by atoms with Crippen LogP contribution >= 0.6 is 0 Å². The second-order valence-corrected chi connectivity index (χ2v) is 5.89.